The first kappa shape index (κ1) is 15.4. The Morgan fingerprint density at radius 2 is 1.95 bits per heavy atom. The van der Waals surface area contributed by atoms with Crippen molar-refractivity contribution in [1.82, 2.24) is 5.43 Å². The van der Waals surface area contributed by atoms with Crippen LogP contribution in [0.15, 0.2) is 45.3 Å². The highest BCUT2D eigenvalue weighted by molar-refractivity contribution is 9.10. The zero-order valence-electron chi connectivity index (χ0n) is 11.1. The lowest BCUT2D eigenvalue weighted by Crippen LogP contribution is -2.32. The summed E-state index contributed by atoms with van der Waals surface area (Å²) in [5.41, 5.74) is 3.82. The average molecular weight is 366 g/mol. The van der Waals surface area contributed by atoms with Gasteiger partial charge in [0.25, 0.3) is 0 Å². The molecule has 2 amide bonds. The van der Waals surface area contributed by atoms with Crippen LogP contribution in [0, 0.1) is 6.92 Å². The molecule has 0 radical (unpaired) electrons. The smallest absolute Gasteiger partial charge is 0.318 e. The number of carbonyl (C=O) groups excluding carboxylic acids is 2. The van der Waals surface area contributed by atoms with Gasteiger partial charge in [0.1, 0.15) is 0 Å². The molecule has 7 heteroatoms. The van der Waals surface area contributed by atoms with Gasteiger partial charge >= 0.3 is 11.8 Å². The number of thiophene rings is 1. The minimum Gasteiger partial charge on any atom is -0.318 e. The van der Waals surface area contributed by atoms with Crippen LogP contribution in [0.5, 0.6) is 0 Å². The molecule has 0 unspecified atom stereocenters. The molecule has 5 nitrogen and oxygen atoms in total. The zero-order chi connectivity index (χ0) is 15.2. The van der Waals surface area contributed by atoms with Crippen LogP contribution in [0.2, 0.25) is 0 Å². The van der Waals surface area contributed by atoms with Gasteiger partial charge in [-0.15, -0.1) is 11.3 Å². The normalized spacial score (nSPS) is 10.6. The fourth-order valence-corrected chi connectivity index (χ4v) is 2.73. The molecule has 1 aromatic heterocycles. The van der Waals surface area contributed by atoms with Gasteiger partial charge in [0, 0.05) is 20.4 Å². The summed E-state index contributed by atoms with van der Waals surface area (Å²) in [6.45, 7) is 1.94. The summed E-state index contributed by atoms with van der Waals surface area (Å²) in [4.78, 5) is 24.1. The highest BCUT2D eigenvalue weighted by Crippen LogP contribution is 2.17. The minimum absolute atomic E-state index is 0.562. The zero-order valence-corrected chi connectivity index (χ0v) is 13.5. The van der Waals surface area contributed by atoms with E-state index in [1.165, 1.54) is 17.6 Å². The third-order valence-electron chi connectivity index (χ3n) is 2.46. The summed E-state index contributed by atoms with van der Waals surface area (Å²) in [5.74, 6) is -1.58. The van der Waals surface area contributed by atoms with E-state index in [4.69, 9.17) is 0 Å². The van der Waals surface area contributed by atoms with Crippen molar-refractivity contribution in [1.29, 1.82) is 0 Å². The molecule has 21 heavy (non-hydrogen) atoms. The monoisotopic (exact) mass is 365 g/mol. The SMILES string of the molecule is Cc1ccc(NC(=O)C(=O)N/N=C\c2cc(Br)cs2)cc1. The quantitative estimate of drug-likeness (QED) is 0.498. The molecule has 2 N–H and O–H groups in total. The van der Waals surface area contributed by atoms with Gasteiger partial charge in [0.15, 0.2) is 0 Å². The maximum atomic E-state index is 11.6. The number of carbonyl (C=O) groups is 2. The number of rotatable bonds is 3. The molecule has 2 rings (SSSR count). The van der Waals surface area contributed by atoms with Gasteiger partial charge in [-0.2, -0.15) is 5.10 Å². The summed E-state index contributed by atoms with van der Waals surface area (Å²) >= 11 is 4.78. The number of hydrogen-bond acceptors (Lipinski definition) is 4. The molecule has 1 aromatic carbocycles. The average Bonchev–Trinajstić information content (AvgIpc) is 2.87. The summed E-state index contributed by atoms with van der Waals surface area (Å²) in [7, 11) is 0. The highest BCUT2D eigenvalue weighted by Gasteiger charge is 2.12. The van der Waals surface area contributed by atoms with Crippen molar-refractivity contribution in [3.8, 4) is 0 Å². The summed E-state index contributed by atoms with van der Waals surface area (Å²) in [5, 5.41) is 8.12. The Hall–Kier alpha value is -1.99. The molecule has 0 saturated heterocycles. The van der Waals surface area contributed by atoms with E-state index >= 15 is 0 Å². The Kier molecular flexibility index (Phi) is 5.24. The van der Waals surface area contributed by atoms with E-state index in [1.807, 2.05) is 30.5 Å². The molecular weight excluding hydrogens is 354 g/mol. The molecular formula is C14H12BrN3O2S. The standard InChI is InChI=1S/C14H12BrN3O2S/c1-9-2-4-11(5-3-9)17-13(19)14(20)18-16-7-12-6-10(15)8-21-12/h2-8H,1H3,(H,17,19)(H,18,20)/b16-7-. The Morgan fingerprint density at radius 3 is 2.57 bits per heavy atom. The second kappa shape index (κ2) is 7.14. The van der Waals surface area contributed by atoms with Crippen LogP contribution in [-0.2, 0) is 9.59 Å². The summed E-state index contributed by atoms with van der Waals surface area (Å²) in [6.07, 6.45) is 1.48. The molecule has 0 bridgehead atoms. The van der Waals surface area contributed by atoms with Crippen molar-refractivity contribution in [2.24, 2.45) is 5.10 Å². The number of halogens is 1. The van der Waals surface area contributed by atoms with E-state index in [9.17, 15) is 9.59 Å². The fourth-order valence-electron chi connectivity index (χ4n) is 1.43. The van der Waals surface area contributed by atoms with E-state index in [0.717, 1.165) is 14.9 Å². The lowest BCUT2D eigenvalue weighted by molar-refractivity contribution is -0.136. The topological polar surface area (TPSA) is 70.6 Å². The number of aryl methyl sites for hydroxylation is 1. The second-order valence-electron chi connectivity index (χ2n) is 4.19. The lowest BCUT2D eigenvalue weighted by atomic mass is 10.2. The summed E-state index contributed by atoms with van der Waals surface area (Å²) in [6, 6.07) is 9.01. The van der Waals surface area contributed by atoms with Gasteiger partial charge in [-0.05, 0) is 41.1 Å². The van der Waals surface area contributed by atoms with Crippen LogP contribution in [0.25, 0.3) is 0 Å². The van der Waals surface area contributed by atoms with Crippen molar-refractivity contribution < 1.29 is 9.59 Å². The molecule has 0 aliphatic heterocycles. The first-order valence-electron chi connectivity index (χ1n) is 5.99. The number of nitrogens with one attached hydrogen (secondary N) is 2. The molecule has 0 atom stereocenters. The number of nitrogens with zero attached hydrogens (tertiary/aromatic N) is 1. The van der Waals surface area contributed by atoms with Crippen molar-refractivity contribution in [2.45, 2.75) is 6.92 Å². The van der Waals surface area contributed by atoms with E-state index in [1.54, 1.807) is 12.1 Å². The number of amides is 2. The molecule has 1 heterocycles. The van der Waals surface area contributed by atoms with Gasteiger partial charge in [-0.25, -0.2) is 5.43 Å². The van der Waals surface area contributed by atoms with Gasteiger partial charge < -0.3 is 5.32 Å². The van der Waals surface area contributed by atoms with Crippen LogP contribution >= 0.6 is 27.3 Å². The lowest BCUT2D eigenvalue weighted by Gasteiger charge is -2.03. The summed E-state index contributed by atoms with van der Waals surface area (Å²) < 4.78 is 0.942. The van der Waals surface area contributed by atoms with Crippen LogP contribution in [0.3, 0.4) is 0 Å². The Morgan fingerprint density at radius 1 is 1.24 bits per heavy atom. The van der Waals surface area contributed by atoms with Gasteiger partial charge in [0.2, 0.25) is 0 Å². The van der Waals surface area contributed by atoms with E-state index in [-0.39, 0.29) is 0 Å². The molecule has 108 valence electrons. The molecule has 0 fully saturated rings. The third-order valence-corrected chi connectivity index (χ3v) is 4.09. The van der Waals surface area contributed by atoms with Crippen molar-refractivity contribution in [3.05, 3.63) is 50.6 Å². The number of hydrogen-bond donors (Lipinski definition) is 2. The highest BCUT2D eigenvalue weighted by atomic mass is 79.9. The third kappa shape index (κ3) is 4.80. The van der Waals surface area contributed by atoms with Crippen LogP contribution < -0.4 is 10.7 Å². The van der Waals surface area contributed by atoms with Crippen molar-refractivity contribution in [2.75, 3.05) is 5.32 Å². The Balaban J connectivity index is 1.86. The Bertz CT molecular complexity index is 680. The van der Waals surface area contributed by atoms with E-state index < -0.39 is 11.8 Å². The Labute approximate surface area is 134 Å². The fraction of sp³-hybridized carbons (Fsp3) is 0.0714. The first-order chi connectivity index (χ1) is 10.0. The van der Waals surface area contributed by atoms with Crippen molar-refractivity contribution >= 4 is 51.0 Å². The second-order valence-corrected chi connectivity index (χ2v) is 6.05. The molecule has 2 aromatic rings. The molecule has 0 aliphatic carbocycles. The molecule has 0 spiro atoms. The van der Waals surface area contributed by atoms with E-state index in [0.29, 0.717) is 5.69 Å². The van der Waals surface area contributed by atoms with Crippen LogP contribution in [0.1, 0.15) is 10.4 Å². The molecule has 0 saturated carbocycles. The number of hydrazone groups is 1. The largest absolute Gasteiger partial charge is 0.329 e. The maximum absolute atomic E-state index is 11.6. The first-order valence-corrected chi connectivity index (χ1v) is 7.67. The van der Waals surface area contributed by atoms with Crippen LogP contribution in [-0.4, -0.2) is 18.0 Å². The minimum atomic E-state index is -0.817. The van der Waals surface area contributed by atoms with Gasteiger partial charge in [-0.1, -0.05) is 17.7 Å². The van der Waals surface area contributed by atoms with Crippen LogP contribution in [0.4, 0.5) is 5.69 Å². The van der Waals surface area contributed by atoms with Crippen molar-refractivity contribution in [3.63, 3.8) is 0 Å². The van der Waals surface area contributed by atoms with Gasteiger partial charge in [-0.3, -0.25) is 9.59 Å². The maximum Gasteiger partial charge on any atom is 0.329 e. The number of benzene rings is 1. The molecule has 0 aliphatic rings. The van der Waals surface area contributed by atoms with Gasteiger partial charge in [0.05, 0.1) is 6.21 Å². The predicted octanol–water partition coefficient (Wildman–Crippen LogP) is 2.91. The van der Waals surface area contributed by atoms with E-state index in [2.05, 4.69) is 31.8 Å². The predicted molar refractivity (Wildman–Crippen MR) is 87.6 cm³/mol. The number of anilines is 1.